The van der Waals surface area contributed by atoms with Crippen molar-refractivity contribution >= 4 is 5.91 Å². The number of pyridine rings is 1. The van der Waals surface area contributed by atoms with E-state index in [0.717, 1.165) is 12.3 Å². The van der Waals surface area contributed by atoms with Gasteiger partial charge in [-0.3, -0.25) is 9.78 Å². The number of halogens is 3. The van der Waals surface area contributed by atoms with Crippen LogP contribution in [0.1, 0.15) is 35.0 Å². The molecular formula is C15H11F3N6O2. The maximum Gasteiger partial charge on any atom is 0.433 e. The molecule has 0 radical (unpaired) electrons. The first-order valence-electron chi connectivity index (χ1n) is 7.30. The van der Waals surface area contributed by atoms with Crippen molar-refractivity contribution in [1.82, 2.24) is 30.6 Å². The van der Waals surface area contributed by atoms with Crippen molar-refractivity contribution in [3.63, 3.8) is 0 Å². The van der Waals surface area contributed by atoms with Crippen molar-refractivity contribution in [2.24, 2.45) is 0 Å². The minimum absolute atomic E-state index is 0.0302. The molecule has 8 nitrogen and oxygen atoms in total. The first-order chi connectivity index (χ1) is 12.3. The summed E-state index contributed by atoms with van der Waals surface area (Å²) >= 11 is 0. The molecule has 1 unspecified atom stereocenters. The molecule has 3 heterocycles. The van der Waals surface area contributed by atoms with Gasteiger partial charge in [-0.2, -0.15) is 23.3 Å². The summed E-state index contributed by atoms with van der Waals surface area (Å²) in [6.07, 6.45) is -2.15. The van der Waals surface area contributed by atoms with E-state index in [2.05, 4.69) is 30.6 Å². The Morgan fingerprint density at radius 2 is 2.08 bits per heavy atom. The lowest BCUT2D eigenvalue weighted by Gasteiger charge is -2.08. The Hall–Kier alpha value is -3.37. The molecule has 134 valence electrons. The van der Waals surface area contributed by atoms with Gasteiger partial charge in [0.05, 0.1) is 0 Å². The zero-order chi connectivity index (χ0) is 18.7. The second-order valence-corrected chi connectivity index (χ2v) is 5.19. The molecule has 11 heteroatoms. The Bertz CT molecular complexity index is 913. The largest absolute Gasteiger partial charge is 0.433 e. The van der Waals surface area contributed by atoms with Gasteiger partial charge in [-0.1, -0.05) is 5.16 Å². The van der Waals surface area contributed by atoms with Crippen LogP contribution in [0.25, 0.3) is 11.4 Å². The molecule has 0 aromatic carbocycles. The van der Waals surface area contributed by atoms with Gasteiger partial charge in [-0.25, -0.2) is 0 Å². The van der Waals surface area contributed by atoms with Crippen molar-refractivity contribution < 1.29 is 22.5 Å². The molecule has 0 aliphatic rings. The predicted octanol–water partition coefficient (Wildman–Crippen LogP) is 2.43. The van der Waals surface area contributed by atoms with Gasteiger partial charge in [0.2, 0.25) is 11.7 Å². The Labute approximate surface area is 144 Å². The first kappa shape index (κ1) is 17.5. The lowest BCUT2D eigenvalue weighted by molar-refractivity contribution is -0.141. The van der Waals surface area contributed by atoms with Gasteiger partial charge in [-0.15, -0.1) is 5.10 Å². The number of nitrogens with zero attached hydrogens (tertiary/aromatic N) is 5. The summed E-state index contributed by atoms with van der Waals surface area (Å²) in [5.41, 5.74) is -0.872. The molecule has 3 aromatic heterocycles. The summed E-state index contributed by atoms with van der Waals surface area (Å²) in [6.45, 7) is 1.58. The summed E-state index contributed by atoms with van der Waals surface area (Å²) in [4.78, 5) is 19.3. The summed E-state index contributed by atoms with van der Waals surface area (Å²) in [5, 5.41) is 13.5. The third-order valence-electron chi connectivity index (χ3n) is 3.27. The molecule has 1 amide bonds. The van der Waals surface area contributed by atoms with Crippen LogP contribution in [0.3, 0.4) is 0 Å². The van der Waals surface area contributed by atoms with Crippen molar-refractivity contribution in [3.05, 3.63) is 53.9 Å². The molecule has 3 rings (SSSR count). The van der Waals surface area contributed by atoms with Gasteiger partial charge in [-0.05, 0) is 31.2 Å². The highest BCUT2D eigenvalue weighted by Gasteiger charge is 2.33. The van der Waals surface area contributed by atoms with Crippen LogP contribution in [-0.4, -0.2) is 31.2 Å². The number of amides is 1. The minimum Gasteiger partial charge on any atom is -0.339 e. The number of alkyl halides is 3. The summed E-state index contributed by atoms with van der Waals surface area (Å²) in [6, 6.07) is 4.49. The normalized spacial score (nSPS) is 12.6. The topological polar surface area (TPSA) is 107 Å². The van der Waals surface area contributed by atoms with Gasteiger partial charge in [0.15, 0.2) is 5.69 Å². The molecule has 3 aromatic rings. The fourth-order valence-electron chi connectivity index (χ4n) is 2.01. The molecule has 0 aliphatic heterocycles. The Balaban J connectivity index is 1.76. The molecule has 0 bridgehead atoms. The smallest absolute Gasteiger partial charge is 0.339 e. The first-order valence-corrected chi connectivity index (χ1v) is 7.30. The van der Waals surface area contributed by atoms with E-state index in [0.29, 0.717) is 0 Å². The van der Waals surface area contributed by atoms with E-state index in [1.165, 1.54) is 18.3 Å². The van der Waals surface area contributed by atoms with Crippen molar-refractivity contribution in [1.29, 1.82) is 0 Å². The highest BCUT2D eigenvalue weighted by Crippen LogP contribution is 2.29. The SMILES string of the molecule is CC(NC(=O)c1cccnn1)c1nc(-c2ccnc(C(F)(F)F)c2)no1. The zero-order valence-corrected chi connectivity index (χ0v) is 13.2. The number of hydrogen-bond donors (Lipinski definition) is 1. The third kappa shape index (κ3) is 3.82. The van der Waals surface area contributed by atoms with Crippen LogP contribution in [-0.2, 0) is 6.18 Å². The zero-order valence-electron chi connectivity index (χ0n) is 13.2. The maximum atomic E-state index is 12.7. The lowest BCUT2D eigenvalue weighted by Crippen LogP contribution is -2.27. The minimum atomic E-state index is -4.58. The third-order valence-corrected chi connectivity index (χ3v) is 3.27. The number of hydrogen-bond acceptors (Lipinski definition) is 7. The van der Waals surface area contributed by atoms with Crippen LogP contribution < -0.4 is 5.32 Å². The number of nitrogens with one attached hydrogen (secondary N) is 1. The van der Waals surface area contributed by atoms with Crippen molar-refractivity contribution in [2.75, 3.05) is 0 Å². The Morgan fingerprint density at radius 1 is 1.27 bits per heavy atom. The highest BCUT2D eigenvalue weighted by molar-refractivity contribution is 5.92. The maximum absolute atomic E-state index is 12.7. The van der Waals surface area contributed by atoms with Crippen LogP contribution in [0.4, 0.5) is 13.2 Å². The summed E-state index contributed by atoms with van der Waals surface area (Å²) in [7, 11) is 0. The van der Waals surface area contributed by atoms with E-state index < -0.39 is 23.8 Å². The van der Waals surface area contributed by atoms with Gasteiger partial charge < -0.3 is 9.84 Å². The second kappa shape index (κ2) is 6.86. The average molecular weight is 364 g/mol. The number of rotatable bonds is 4. The summed E-state index contributed by atoms with van der Waals surface area (Å²) in [5.74, 6) is -0.523. The molecule has 1 N–H and O–H groups in total. The van der Waals surface area contributed by atoms with Gasteiger partial charge in [0, 0.05) is 18.0 Å². The van der Waals surface area contributed by atoms with Crippen LogP contribution in [0, 0.1) is 0 Å². The van der Waals surface area contributed by atoms with E-state index in [-0.39, 0.29) is 23.0 Å². The van der Waals surface area contributed by atoms with Crippen LogP contribution in [0.5, 0.6) is 0 Å². The standard InChI is InChI=1S/C15H11F3N6O2/c1-8(21-13(25)10-3-2-5-20-23-10)14-22-12(24-26-14)9-4-6-19-11(7-9)15(16,17)18/h2-8H,1H3,(H,21,25). The predicted molar refractivity (Wildman–Crippen MR) is 80.4 cm³/mol. The van der Waals surface area contributed by atoms with E-state index in [4.69, 9.17) is 4.52 Å². The molecular weight excluding hydrogens is 353 g/mol. The van der Waals surface area contributed by atoms with E-state index in [1.807, 2.05) is 0 Å². The van der Waals surface area contributed by atoms with Crippen molar-refractivity contribution in [3.8, 4) is 11.4 Å². The Kier molecular flexibility index (Phi) is 4.61. The van der Waals surface area contributed by atoms with Crippen LogP contribution in [0.15, 0.2) is 41.2 Å². The molecule has 1 atom stereocenters. The van der Waals surface area contributed by atoms with E-state index in [1.54, 1.807) is 13.0 Å². The molecule has 26 heavy (non-hydrogen) atoms. The molecule has 0 aliphatic carbocycles. The fraction of sp³-hybridized carbons (Fsp3) is 0.200. The number of carbonyl (C=O) groups is 1. The highest BCUT2D eigenvalue weighted by atomic mass is 19.4. The van der Waals surface area contributed by atoms with Crippen molar-refractivity contribution in [2.45, 2.75) is 19.1 Å². The molecule has 0 saturated heterocycles. The monoisotopic (exact) mass is 364 g/mol. The molecule has 0 spiro atoms. The number of aromatic nitrogens is 5. The van der Waals surface area contributed by atoms with Gasteiger partial charge >= 0.3 is 6.18 Å². The van der Waals surface area contributed by atoms with Crippen LogP contribution in [0.2, 0.25) is 0 Å². The second-order valence-electron chi connectivity index (χ2n) is 5.19. The lowest BCUT2D eigenvalue weighted by atomic mass is 10.2. The quantitative estimate of drug-likeness (QED) is 0.758. The Morgan fingerprint density at radius 3 is 2.77 bits per heavy atom. The molecule has 0 fully saturated rings. The van der Waals surface area contributed by atoms with E-state index >= 15 is 0 Å². The van der Waals surface area contributed by atoms with E-state index in [9.17, 15) is 18.0 Å². The van der Waals surface area contributed by atoms with Gasteiger partial charge in [0.25, 0.3) is 5.91 Å². The average Bonchev–Trinajstić information content (AvgIpc) is 3.12. The summed E-state index contributed by atoms with van der Waals surface area (Å²) < 4.78 is 43.2. The molecule has 0 saturated carbocycles. The fourth-order valence-corrected chi connectivity index (χ4v) is 2.01. The van der Waals surface area contributed by atoms with Gasteiger partial charge in [0.1, 0.15) is 11.7 Å². The van der Waals surface area contributed by atoms with Crippen LogP contribution >= 0.6 is 0 Å². The number of carbonyl (C=O) groups excluding carboxylic acids is 1.